The van der Waals surface area contributed by atoms with Crippen molar-refractivity contribution in [2.75, 3.05) is 26.2 Å². The fourth-order valence-electron chi connectivity index (χ4n) is 3.55. The number of hydrogen-bond donors (Lipinski definition) is 2. The standard InChI is InChI=1S/C18H23ClFN3O2.ClH/c19-14-7-13(8-15(20)9-14)18(25)23-6-2-3-12(11-23)10-22-17(24)16-4-1-5-21-16;/h7-9,12,16,21H,1-6,10-11H2,(H,22,24);1H. The maximum Gasteiger partial charge on any atom is 0.254 e. The topological polar surface area (TPSA) is 61.4 Å². The van der Waals surface area contributed by atoms with Crippen LogP contribution < -0.4 is 10.6 Å². The molecule has 0 saturated carbocycles. The first-order chi connectivity index (χ1) is 12.0. The summed E-state index contributed by atoms with van der Waals surface area (Å²) in [7, 11) is 0. The molecule has 0 aliphatic carbocycles. The summed E-state index contributed by atoms with van der Waals surface area (Å²) in [5, 5.41) is 6.39. The molecular weight excluding hydrogens is 380 g/mol. The summed E-state index contributed by atoms with van der Waals surface area (Å²) < 4.78 is 13.5. The van der Waals surface area contributed by atoms with Crippen LogP contribution in [0.3, 0.4) is 0 Å². The second kappa shape index (κ2) is 9.53. The zero-order valence-electron chi connectivity index (χ0n) is 14.5. The van der Waals surface area contributed by atoms with Gasteiger partial charge in [0, 0.05) is 30.2 Å². The molecule has 2 N–H and O–H groups in total. The van der Waals surface area contributed by atoms with Gasteiger partial charge >= 0.3 is 0 Å². The number of nitrogens with zero attached hydrogens (tertiary/aromatic N) is 1. The van der Waals surface area contributed by atoms with Crippen molar-refractivity contribution in [2.45, 2.75) is 31.7 Å². The fraction of sp³-hybridized carbons (Fsp3) is 0.556. The van der Waals surface area contributed by atoms with Gasteiger partial charge < -0.3 is 15.5 Å². The Morgan fingerprint density at radius 3 is 2.77 bits per heavy atom. The molecule has 8 heteroatoms. The summed E-state index contributed by atoms with van der Waals surface area (Å²) in [5.41, 5.74) is 0.268. The lowest BCUT2D eigenvalue weighted by atomic mass is 9.97. The van der Waals surface area contributed by atoms with E-state index in [0.717, 1.165) is 32.2 Å². The Labute approximate surface area is 164 Å². The van der Waals surface area contributed by atoms with Crippen LogP contribution in [0.4, 0.5) is 4.39 Å². The highest BCUT2D eigenvalue weighted by Gasteiger charge is 2.27. The first-order valence-electron chi connectivity index (χ1n) is 8.79. The molecule has 0 radical (unpaired) electrons. The first-order valence-corrected chi connectivity index (χ1v) is 9.17. The van der Waals surface area contributed by atoms with Gasteiger partial charge in [-0.2, -0.15) is 0 Å². The van der Waals surface area contributed by atoms with Gasteiger partial charge in [0.15, 0.2) is 0 Å². The van der Waals surface area contributed by atoms with Crippen LogP contribution in [0.2, 0.25) is 5.02 Å². The smallest absolute Gasteiger partial charge is 0.254 e. The Morgan fingerprint density at radius 2 is 2.08 bits per heavy atom. The van der Waals surface area contributed by atoms with Gasteiger partial charge in [-0.1, -0.05) is 11.6 Å². The molecule has 2 aliphatic rings. The molecule has 5 nitrogen and oxygen atoms in total. The minimum Gasteiger partial charge on any atom is -0.354 e. The van der Waals surface area contributed by atoms with Gasteiger partial charge in [0.25, 0.3) is 5.91 Å². The van der Waals surface area contributed by atoms with E-state index in [-0.39, 0.29) is 46.8 Å². The van der Waals surface area contributed by atoms with Crippen molar-refractivity contribution in [3.63, 3.8) is 0 Å². The average Bonchev–Trinajstić information content (AvgIpc) is 3.13. The van der Waals surface area contributed by atoms with Crippen LogP contribution in [-0.2, 0) is 4.79 Å². The number of nitrogens with one attached hydrogen (secondary N) is 2. The Hall–Kier alpha value is -1.37. The molecular formula is C18H24Cl2FN3O2. The highest BCUT2D eigenvalue weighted by atomic mass is 35.5. The summed E-state index contributed by atoms with van der Waals surface area (Å²) >= 11 is 5.84. The molecule has 2 amide bonds. The van der Waals surface area contributed by atoms with Gasteiger partial charge in [-0.15, -0.1) is 12.4 Å². The van der Waals surface area contributed by atoms with Crippen molar-refractivity contribution in [2.24, 2.45) is 5.92 Å². The number of piperidine rings is 1. The summed E-state index contributed by atoms with van der Waals surface area (Å²) in [6.07, 6.45) is 3.74. The lowest BCUT2D eigenvalue weighted by Gasteiger charge is -2.33. The quantitative estimate of drug-likeness (QED) is 0.811. The Morgan fingerprint density at radius 1 is 1.27 bits per heavy atom. The number of carbonyl (C=O) groups is 2. The summed E-state index contributed by atoms with van der Waals surface area (Å²) in [4.78, 5) is 26.4. The maximum absolute atomic E-state index is 13.5. The molecule has 0 spiro atoms. The monoisotopic (exact) mass is 403 g/mol. The second-order valence-electron chi connectivity index (χ2n) is 6.81. The van der Waals surface area contributed by atoms with E-state index in [2.05, 4.69) is 10.6 Å². The van der Waals surface area contributed by atoms with Crippen LogP contribution in [0.15, 0.2) is 18.2 Å². The highest BCUT2D eigenvalue weighted by Crippen LogP contribution is 2.21. The lowest BCUT2D eigenvalue weighted by Crippen LogP contribution is -2.46. The fourth-order valence-corrected chi connectivity index (χ4v) is 3.77. The summed E-state index contributed by atoms with van der Waals surface area (Å²) in [6.45, 7) is 2.65. The maximum atomic E-state index is 13.5. The number of likely N-dealkylation sites (tertiary alicyclic amines) is 1. The predicted octanol–water partition coefficient (Wildman–Crippen LogP) is 2.62. The van der Waals surface area contributed by atoms with E-state index in [1.54, 1.807) is 4.90 Å². The molecule has 3 rings (SSSR count). The van der Waals surface area contributed by atoms with Crippen LogP contribution in [0.5, 0.6) is 0 Å². The molecule has 144 valence electrons. The van der Waals surface area contributed by atoms with Crippen LogP contribution in [0, 0.1) is 11.7 Å². The van der Waals surface area contributed by atoms with E-state index >= 15 is 0 Å². The third kappa shape index (κ3) is 5.32. The molecule has 0 bridgehead atoms. The van der Waals surface area contributed by atoms with Gasteiger partial charge in [0.2, 0.25) is 5.91 Å². The third-order valence-corrected chi connectivity index (χ3v) is 5.08. The SMILES string of the molecule is Cl.O=C(NCC1CCCN(C(=O)c2cc(F)cc(Cl)c2)C1)C1CCCN1. The average molecular weight is 404 g/mol. The minimum atomic E-state index is -0.513. The van der Waals surface area contributed by atoms with Crippen molar-refractivity contribution in [3.05, 3.63) is 34.6 Å². The number of rotatable bonds is 4. The van der Waals surface area contributed by atoms with Crippen LogP contribution in [0.1, 0.15) is 36.0 Å². The molecule has 2 atom stereocenters. The molecule has 0 aromatic heterocycles. The summed E-state index contributed by atoms with van der Waals surface area (Å²) in [5.74, 6) is -0.472. The minimum absolute atomic E-state index is 0. The van der Waals surface area contributed by atoms with Gasteiger partial charge in [0.05, 0.1) is 6.04 Å². The zero-order chi connectivity index (χ0) is 17.8. The number of halogens is 3. The first kappa shape index (κ1) is 20.9. The molecule has 1 aromatic rings. The molecule has 2 fully saturated rings. The van der Waals surface area contributed by atoms with Crippen molar-refractivity contribution in [1.29, 1.82) is 0 Å². The number of hydrogen-bond acceptors (Lipinski definition) is 3. The molecule has 26 heavy (non-hydrogen) atoms. The zero-order valence-corrected chi connectivity index (χ0v) is 16.0. The number of carbonyl (C=O) groups excluding carboxylic acids is 2. The van der Waals surface area contributed by atoms with E-state index in [1.165, 1.54) is 18.2 Å². The number of benzene rings is 1. The Balaban J connectivity index is 0.00000243. The van der Waals surface area contributed by atoms with Crippen LogP contribution in [0.25, 0.3) is 0 Å². The summed E-state index contributed by atoms with van der Waals surface area (Å²) in [6, 6.07) is 3.80. The Bertz CT molecular complexity index is 633. The lowest BCUT2D eigenvalue weighted by molar-refractivity contribution is -0.123. The van der Waals surface area contributed by atoms with E-state index in [9.17, 15) is 14.0 Å². The molecule has 2 unspecified atom stereocenters. The van der Waals surface area contributed by atoms with Crippen molar-refractivity contribution < 1.29 is 14.0 Å². The molecule has 2 heterocycles. The van der Waals surface area contributed by atoms with Gasteiger partial charge in [-0.3, -0.25) is 9.59 Å². The molecule has 2 saturated heterocycles. The molecule has 1 aromatic carbocycles. The van der Waals surface area contributed by atoms with E-state index < -0.39 is 5.82 Å². The largest absolute Gasteiger partial charge is 0.354 e. The van der Waals surface area contributed by atoms with E-state index in [4.69, 9.17) is 11.6 Å². The second-order valence-corrected chi connectivity index (χ2v) is 7.25. The van der Waals surface area contributed by atoms with Crippen molar-refractivity contribution >= 4 is 35.8 Å². The number of amides is 2. The normalized spacial score (nSPS) is 22.6. The highest BCUT2D eigenvalue weighted by molar-refractivity contribution is 6.31. The Kier molecular flexibility index (Phi) is 7.68. The van der Waals surface area contributed by atoms with Gasteiger partial charge in [-0.25, -0.2) is 4.39 Å². The van der Waals surface area contributed by atoms with Crippen LogP contribution >= 0.6 is 24.0 Å². The molecule has 2 aliphatic heterocycles. The predicted molar refractivity (Wildman–Crippen MR) is 101 cm³/mol. The van der Waals surface area contributed by atoms with Crippen molar-refractivity contribution in [3.8, 4) is 0 Å². The van der Waals surface area contributed by atoms with Gasteiger partial charge in [-0.05, 0) is 56.3 Å². The van der Waals surface area contributed by atoms with E-state index in [0.29, 0.717) is 19.6 Å². The third-order valence-electron chi connectivity index (χ3n) is 4.86. The van der Waals surface area contributed by atoms with Crippen molar-refractivity contribution in [1.82, 2.24) is 15.5 Å². The van der Waals surface area contributed by atoms with Gasteiger partial charge in [0.1, 0.15) is 5.82 Å². The van der Waals surface area contributed by atoms with E-state index in [1.807, 2.05) is 0 Å². The van der Waals surface area contributed by atoms with Crippen LogP contribution in [-0.4, -0.2) is 48.9 Å².